The first-order chi connectivity index (χ1) is 5.16. The van der Waals surface area contributed by atoms with Crippen LogP contribution in [0.15, 0.2) is 0 Å². The number of anilines is 1. The largest absolute Gasteiger partial charge is 0.367 e. The molecule has 11 heavy (non-hydrogen) atoms. The zero-order chi connectivity index (χ0) is 8.69. The van der Waals surface area contributed by atoms with Crippen molar-refractivity contribution in [3.8, 4) is 0 Å². The molecular weight excluding hydrogens is 148 g/mol. The van der Waals surface area contributed by atoms with Gasteiger partial charge in [0.15, 0.2) is 0 Å². The Morgan fingerprint density at radius 3 is 2.27 bits per heavy atom. The van der Waals surface area contributed by atoms with E-state index in [4.69, 9.17) is 5.73 Å². The molecule has 62 valence electrons. The number of tetrazole rings is 1. The summed E-state index contributed by atoms with van der Waals surface area (Å²) in [6.07, 6.45) is 0.750. The number of amides is 1. The highest BCUT2D eigenvalue weighted by Crippen LogP contribution is 1.72. The van der Waals surface area contributed by atoms with E-state index in [-0.39, 0.29) is 5.95 Å². The van der Waals surface area contributed by atoms with Crippen LogP contribution in [0.25, 0.3) is 0 Å². The second-order valence-electron chi connectivity index (χ2n) is 1.86. The normalized spacial score (nSPS) is 7.82. The van der Waals surface area contributed by atoms with Gasteiger partial charge in [-0.2, -0.15) is 0 Å². The van der Waals surface area contributed by atoms with E-state index in [1.165, 1.54) is 4.90 Å². The Morgan fingerprint density at radius 2 is 2.18 bits per heavy atom. The fourth-order valence-corrected chi connectivity index (χ4v) is 0.166. The topological polar surface area (TPSA) is 101 Å². The van der Waals surface area contributed by atoms with Crippen molar-refractivity contribution >= 4 is 12.4 Å². The number of nitrogens with zero attached hydrogens (tertiary/aromatic N) is 4. The molecule has 0 radical (unpaired) electrons. The van der Waals surface area contributed by atoms with Gasteiger partial charge in [0.25, 0.3) is 0 Å². The molecule has 7 heteroatoms. The molecule has 7 nitrogen and oxygen atoms in total. The van der Waals surface area contributed by atoms with Crippen LogP contribution in [0.1, 0.15) is 0 Å². The number of rotatable bonds is 1. The zero-order valence-electron chi connectivity index (χ0n) is 6.35. The van der Waals surface area contributed by atoms with Crippen LogP contribution in [-0.2, 0) is 4.79 Å². The van der Waals surface area contributed by atoms with Crippen molar-refractivity contribution in [3.63, 3.8) is 0 Å². The standard InChI is InChI=1S/C3H7NO.CH3N5/c1-4(2)3-5;2-1-3-5-6-4-1/h3H,1-2H3;(H3,2,3,4,5,6). The van der Waals surface area contributed by atoms with E-state index < -0.39 is 0 Å². The maximum Gasteiger partial charge on any atom is 0.237 e. The second-order valence-corrected chi connectivity index (χ2v) is 1.86. The molecule has 1 heterocycles. The van der Waals surface area contributed by atoms with Crippen LogP contribution in [0, 0.1) is 0 Å². The first-order valence-corrected chi connectivity index (χ1v) is 2.77. The van der Waals surface area contributed by atoms with E-state index in [1.807, 2.05) is 0 Å². The molecule has 0 fully saturated rings. The number of H-pyrrole nitrogens is 1. The third-order valence-corrected chi connectivity index (χ3v) is 0.573. The maximum absolute atomic E-state index is 9.43. The number of hydrogen-bond acceptors (Lipinski definition) is 5. The lowest BCUT2D eigenvalue weighted by Gasteiger charge is -1.93. The van der Waals surface area contributed by atoms with Crippen LogP contribution in [0.3, 0.4) is 0 Å². The van der Waals surface area contributed by atoms with Gasteiger partial charge in [-0.3, -0.25) is 4.79 Å². The summed E-state index contributed by atoms with van der Waals surface area (Å²) in [5, 5.41) is 11.9. The first kappa shape index (κ1) is 9.34. The van der Waals surface area contributed by atoms with E-state index in [9.17, 15) is 4.79 Å². The maximum atomic E-state index is 9.43. The Bertz CT molecular complexity index is 182. The molecule has 0 aromatic carbocycles. The minimum Gasteiger partial charge on any atom is -0.367 e. The molecule has 0 aliphatic carbocycles. The summed E-state index contributed by atoms with van der Waals surface area (Å²) in [5.74, 6) is 0.245. The van der Waals surface area contributed by atoms with Crippen molar-refractivity contribution in [1.82, 2.24) is 25.5 Å². The van der Waals surface area contributed by atoms with Gasteiger partial charge in [-0.05, 0) is 10.4 Å². The molecule has 0 aliphatic heterocycles. The summed E-state index contributed by atoms with van der Waals surface area (Å²) in [6.45, 7) is 0. The van der Waals surface area contributed by atoms with Gasteiger partial charge in [0.1, 0.15) is 0 Å². The number of nitrogen functional groups attached to an aromatic ring is 1. The van der Waals surface area contributed by atoms with Crippen LogP contribution >= 0.6 is 0 Å². The van der Waals surface area contributed by atoms with Gasteiger partial charge in [-0.1, -0.05) is 5.10 Å². The average molecular weight is 158 g/mol. The number of nitrogens with one attached hydrogen (secondary N) is 1. The van der Waals surface area contributed by atoms with Gasteiger partial charge < -0.3 is 10.6 Å². The van der Waals surface area contributed by atoms with Gasteiger partial charge in [0.05, 0.1) is 0 Å². The molecule has 3 N–H and O–H groups in total. The predicted molar refractivity (Wildman–Crippen MR) is 38.3 cm³/mol. The van der Waals surface area contributed by atoms with Crippen LogP contribution in [0.2, 0.25) is 0 Å². The summed E-state index contributed by atoms with van der Waals surface area (Å²) >= 11 is 0. The van der Waals surface area contributed by atoms with Gasteiger partial charge in [-0.15, -0.1) is 0 Å². The lowest BCUT2D eigenvalue weighted by molar-refractivity contribution is -0.115. The number of aromatic nitrogens is 4. The molecule has 1 rings (SSSR count). The van der Waals surface area contributed by atoms with E-state index in [2.05, 4.69) is 20.6 Å². The highest BCUT2D eigenvalue weighted by atomic mass is 16.1. The van der Waals surface area contributed by atoms with E-state index in [0.717, 1.165) is 6.41 Å². The Balaban J connectivity index is 0.000000187. The van der Waals surface area contributed by atoms with Crippen LogP contribution < -0.4 is 5.73 Å². The van der Waals surface area contributed by atoms with E-state index in [1.54, 1.807) is 14.1 Å². The third-order valence-electron chi connectivity index (χ3n) is 0.573. The van der Waals surface area contributed by atoms with Gasteiger partial charge in [0, 0.05) is 14.1 Å². The van der Waals surface area contributed by atoms with Crippen molar-refractivity contribution in [1.29, 1.82) is 0 Å². The lowest BCUT2D eigenvalue weighted by atomic mass is 11.0. The lowest BCUT2D eigenvalue weighted by Crippen LogP contribution is -2.06. The second kappa shape index (κ2) is 5.15. The first-order valence-electron chi connectivity index (χ1n) is 2.77. The molecule has 1 amide bonds. The smallest absolute Gasteiger partial charge is 0.237 e. The molecule has 1 aromatic heterocycles. The summed E-state index contributed by atoms with van der Waals surface area (Å²) in [7, 11) is 3.38. The Morgan fingerprint density at radius 1 is 1.64 bits per heavy atom. The van der Waals surface area contributed by atoms with Crippen molar-refractivity contribution in [2.75, 3.05) is 19.8 Å². The molecular formula is C4H10N6O. The number of hydrogen-bond donors (Lipinski definition) is 2. The zero-order valence-corrected chi connectivity index (χ0v) is 6.35. The number of carbonyl (C=O) groups is 1. The SMILES string of the molecule is CN(C)C=O.Nc1nnn[nH]1. The summed E-state index contributed by atoms with van der Waals surface area (Å²) in [6, 6.07) is 0. The highest BCUT2D eigenvalue weighted by molar-refractivity contribution is 5.45. The van der Waals surface area contributed by atoms with E-state index >= 15 is 0 Å². The fraction of sp³-hybridized carbons (Fsp3) is 0.500. The van der Waals surface area contributed by atoms with Crippen molar-refractivity contribution in [2.24, 2.45) is 0 Å². The average Bonchev–Trinajstić information content (AvgIpc) is 2.41. The number of aromatic amines is 1. The molecule has 0 aliphatic rings. The predicted octanol–water partition coefficient (Wildman–Crippen LogP) is -1.51. The number of nitrogens with two attached hydrogens (primary N) is 1. The molecule has 0 unspecified atom stereocenters. The highest BCUT2D eigenvalue weighted by Gasteiger charge is 1.77. The van der Waals surface area contributed by atoms with E-state index in [0.29, 0.717) is 0 Å². The summed E-state index contributed by atoms with van der Waals surface area (Å²) in [4.78, 5) is 10.9. The van der Waals surface area contributed by atoms with Crippen LogP contribution in [-0.4, -0.2) is 46.0 Å². The van der Waals surface area contributed by atoms with Crippen molar-refractivity contribution < 1.29 is 4.79 Å². The minimum absolute atomic E-state index is 0.245. The molecule has 1 aromatic rings. The summed E-state index contributed by atoms with van der Waals surface area (Å²) < 4.78 is 0. The quantitative estimate of drug-likeness (QED) is 0.484. The third kappa shape index (κ3) is 6.22. The van der Waals surface area contributed by atoms with Gasteiger partial charge in [-0.25, -0.2) is 5.10 Å². The number of carbonyl (C=O) groups excluding carboxylic acids is 1. The minimum atomic E-state index is 0.245. The van der Waals surface area contributed by atoms with Gasteiger partial charge >= 0.3 is 0 Å². The molecule has 0 saturated carbocycles. The monoisotopic (exact) mass is 158 g/mol. The Kier molecular flexibility index (Phi) is 4.37. The Hall–Kier alpha value is -1.66. The fourth-order valence-electron chi connectivity index (χ4n) is 0.166. The van der Waals surface area contributed by atoms with Crippen molar-refractivity contribution in [2.45, 2.75) is 0 Å². The Labute approximate surface area is 63.6 Å². The molecule has 0 bridgehead atoms. The molecule has 0 atom stereocenters. The van der Waals surface area contributed by atoms with Crippen LogP contribution in [0.5, 0.6) is 0 Å². The molecule has 0 spiro atoms. The summed E-state index contributed by atoms with van der Waals surface area (Å²) in [5.41, 5.74) is 4.99. The van der Waals surface area contributed by atoms with Crippen molar-refractivity contribution in [3.05, 3.63) is 0 Å². The van der Waals surface area contributed by atoms with Gasteiger partial charge in [0.2, 0.25) is 12.4 Å². The van der Waals surface area contributed by atoms with Crippen LogP contribution in [0.4, 0.5) is 5.95 Å². The molecule has 0 saturated heterocycles.